The number of aromatic nitrogens is 1. The van der Waals surface area contributed by atoms with E-state index in [1.807, 2.05) is 55.1 Å². The van der Waals surface area contributed by atoms with Crippen molar-refractivity contribution in [2.24, 2.45) is 7.05 Å². The Morgan fingerprint density at radius 3 is 2.48 bits per heavy atom. The Labute approximate surface area is 134 Å². The molecular weight excluding hydrogens is 302 g/mol. The van der Waals surface area contributed by atoms with Gasteiger partial charge in [-0.25, -0.2) is 0 Å². The molecule has 110 valence electrons. The van der Waals surface area contributed by atoms with Crippen molar-refractivity contribution in [2.45, 2.75) is 18.2 Å². The summed E-state index contributed by atoms with van der Waals surface area (Å²) < 4.78 is 1.89. The summed E-state index contributed by atoms with van der Waals surface area (Å²) in [7, 11) is 1.87. The summed E-state index contributed by atoms with van der Waals surface area (Å²) in [4.78, 5) is 12.7. The molecule has 1 aromatic carbocycles. The molecule has 2 aromatic rings. The predicted molar refractivity (Wildman–Crippen MR) is 90.5 cm³/mol. The average Bonchev–Trinajstić information content (AvgIpc) is 2.75. The zero-order valence-corrected chi connectivity index (χ0v) is 13.8. The lowest BCUT2D eigenvalue weighted by molar-refractivity contribution is -0.136. The number of hydrogen-bond acceptors (Lipinski definition) is 3. The van der Waals surface area contributed by atoms with Crippen LogP contribution >= 0.6 is 24.0 Å². The van der Waals surface area contributed by atoms with E-state index >= 15 is 0 Å². The van der Waals surface area contributed by atoms with Gasteiger partial charge in [-0.15, -0.1) is 11.8 Å². The topological polar surface area (TPSA) is 42.2 Å². The van der Waals surface area contributed by atoms with Gasteiger partial charge in [0.1, 0.15) is 0 Å². The van der Waals surface area contributed by atoms with Gasteiger partial charge in [0.15, 0.2) is 0 Å². The van der Waals surface area contributed by atoms with Gasteiger partial charge in [-0.3, -0.25) is 4.79 Å². The van der Waals surface area contributed by atoms with Crippen LogP contribution in [0, 0.1) is 6.92 Å². The van der Waals surface area contributed by atoms with Crippen LogP contribution in [0.4, 0.5) is 0 Å². The van der Waals surface area contributed by atoms with Crippen molar-refractivity contribution < 1.29 is 9.90 Å². The summed E-state index contributed by atoms with van der Waals surface area (Å²) in [6, 6.07) is 9.98. The largest absolute Gasteiger partial charge is 0.481 e. The lowest BCUT2D eigenvalue weighted by Gasteiger charge is -2.10. The van der Waals surface area contributed by atoms with Gasteiger partial charge in [-0.1, -0.05) is 42.0 Å². The Kier molecular flexibility index (Phi) is 4.85. The number of rotatable bonds is 5. The third kappa shape index (κ3) is 3.36. The van der Waals surface area contributed by atoms with E-state index in [4.69, 9.17) is 17.3 Å². The molecular formula is C16H17NO2S2. The van der Waals surface area contributed by atoms with E-state index in [0.29, 0.717) is 0 Å². The SMILES string of the molecule is CSc1cc(CC(=O)O)n(C)c1C(=S)c1ccc(C)cc1. The van der Waals surface area contributed by atoms with Gasteiger partial charge in [0, 0.05) is 17.6 Å². The van der Waals surface area contributed by atoms with E-state index in [0.717, 1.165) is 26.7 Å². The number of nitrogens with zero attached hydrogens (tertiary/aromatic N) is 1. The minimum Gasteiger partial charge on any atom is -0.481 e. The normalized spacial score (nSPS) is 10.6. The summed E-state index contributed by atoms with van der Waals surface area (Å²) >= 11 is 7.20. The van der Waals surface area contributed by atoms with Gasteiger partial charge in [0.05, 0.1) is 17.0 Å². The molecule has 5 heteroatoms. The van der Waals surface area contributed by atoms with Crippen molar-refractivity contribution in [1.82, 2.24) is 4.57 Å². The highest BCUT2D eigenvalue weighted by Crippen LogP contribution is 2.27. The maximum atomic E-state index is 11.0. The highest BCUT2D eigenvalue weighted by Gasteiger charge is 2.18. The first kappa shape index (κ1) is 15.8. The van der Waals surface area contributed by atoms with Gasteiger partial charge < -0.3 is 9.67 Å². The number of carboxylic acid groups (broad SMARTS) is 1. The molecule has 0 aliphatic carbocycles. The molecule has 0 saturated carbocycles. The van der Waals surface area contributed by atoms with Crippen molar-refractivity contribution in [1.29, 1.82) is 0 Å². The monoisotopic (exact) mass is 319 g/mol. The lowest BCUT2D eigenvalue weighted by Crippen LogP contribution is -2.11. The first-order chi connectivity index (χ1) is 9.93. The summed E-state index contributed by atoms with van der Waals surface area (Å²) in [5.74, 6) is -0.837. The Morgan fingerprint density at radius 2 is 1.95 bits per heavy atom. The van der Waals surface area contributed by atoms with E-state index in [2.05, 4.69) is 0 Å². The Balaban J connectivity index is 2.46. The molecule has 3 nitrogen and oxygen atoms in total. The summed E-state index contributed by atoms with van der Waals surface area (Å²) in [6.45, 7) is 2.04. The predicted octanol–water partition coefficient (Wildman–Crippen LogP) is 3.45. The van der Waals surface area contributed by atoms with Gasteiger partial charge in [0.2, 0.25) is 0 Å². The van der Waals surface area contributed by atoms with Crippen LogP contribution in [0.15, 0.2) is 35.2 Å². The molecule has 0 bridgehead atoms. The molecule has 0 atom stereocenters. The quantitative estimate of drug-likeness (QED) is 0.521. The summed E-state index contributed by atoms with van der Waals surface area (Å²) in [5, 5.41) is 9.00. The zero-order valence-electron chi connectivity index (χ0n) is 12.2. The number of hydrogen-bond donors (Lipinski definition) is 1. The molecule has 0 aliphatic heterocycles. The zero-order chi connectivity index (χ0) is 15.6. The van der Waals surface area contributed by atoms with E-state index in [1.54, 1.807) is 11.8 Å². The van der Waals surface area contributed by atoms with Crippen LogP contribution < -0.4 is 0 Å². The molecule has 1 N–H and O–H groups in total. The molecule has 0 radical (unpaired) electrons. The van der Waals surface area contributed by atoms with Crippen LogP contribution in [0.3, 0.4) is 0 Å². The van der Waals surface area contributed by atoms with E-state index in [1.165, 1.54) is 5.56 Å². The molecule has 1 heterocycles. The van der Waals surface area contributed by atoms with Crippen LogP contribution in [-0.4, -0.2) is 26.8 Å². The first-order valence-electron chi connectivity index (χ1n) is 6.49. The number of aliphatic carboxylic acids is 1. The lowest BCUT2D eigenvalue weighted by atomic mass is 10.1. The van der Waals surface area contributed by atoms with E-state index < -0.39 is 5.97 Å². The van der Waals surface area contributed by atoms with Gasteiger partial charge in [0.25, 0.3) is 0 Å². The minimum absolute atomic E-state index is 0.000567. The molecule has 0 saturated heterocycles. The molecule has 0 aliphatic rings. The molecule has 2 rings (SSSR count). The van der Waals surface area contributed by atoms with Gasteiger partial charge in [-0.05, 0) is 24.8 Å². The van der Waals surface area contributed by atoms with Crippen LogP contribution in [0.25, 0.3) is 0 Å². The number of thioether (sulfide) groups is 1. The molecule has 0 spiro atoms. The van der Waals surface area contributed by atoms with E-state index in [9.17, 15) is 4.79 Å². The second-order valence-electron chi connectivity index (χ2n) is 4.88. The van der Waals surface area contributed by atoms with Gasteiger partial charge >= 0.3 is 5.97 Å². The maximum Gasteiger partial charge on any atom is 0.309 e. The number of carbonyl (C=O) groups is 1. The van der Waals surface area contributed by atoms with Crippen LogP contribution in [-0.2, 0) is 18.3 Å². The molecule has 1 aromatic heterocycles. The fourth-order valence-corrected chi connectivity index (χ4v) is 3.35. The number of thiocarbonyl (C=S) groups is 1. The van der Waals surface area contributed by atoms with Crippen molar-refractivity contribution in [2.75, 3.05) is 6.26 Å². The van der Waals surface area contributed by atoms with E-state index in [-0.39, 0.29) is 6.42 Å². The Morgan fingerprint density at radius 1 is 1.33 bits per heavy atom. The second kappa shape index (κ2) is 6.45. The first-order valence-corrected chi connectivity index (χ1v) is 8.13. The van der Waals surface area contributed by atoms with Crippen LogP contribution in [0.1, 0.15) is 22.5 Å². The van der Waals surface area contributed by atoms with Gasteiger partial charge in [-0.2, -0.15) is 0 Å². The molecule has 21 heavy (non-hydrogen) atoms. The third-order valence-corrected chi connectivity index (χ3v) is 4.56. The summed E-state index contributed by atoms with van der Waals surface area (Å²) in [6.07, 6.45) is 1.97. The summed E-state index contributed by atoms with van der Waals surface area (Å²) in [5.41, 5.74) is 3.84. The van der Waals surface area contributed by atoms with Crippen molar-refractivity contribution >= 4 is 34.8 Å². The standard InChI is InChI=1S/C16H17NO2S2/c1-10-4-6-11(7-5-10)16(20)15-13(21-3)8-12(17(15)2)9-14(18)19/h4-8H,9H2,1-3H3,(H,18,19). The number of aryl methyl sites for hydroxylation is 1. The number of benzene rings is 1. The molecule has 0 unspecified atom stereocenters. The molecule has 0 fully saturated rings. The highest BCUT2D eigenvalue weighted by molar-refractivity contribution is 7.98. The Hall–Kier alpha value is -1.59. The van der Waals surface area contributed by atoms with Crippen LogP contribution in [0.2, 0.25) is 0 Å². The fraction of sp³-hybridized carbons (Fsp3) is 0.250. The number of carboxylic acids is 1. The molecule has 0 amide bonds. The highest BCUT2D eigenvalue weighted by atomic mass is 32.2. The van der Waals surface area contributed by atoms with Crippen molar-refractivity contribution in [3.05, 3.63) is 52.8 Å². The Bertz CT molecular complexity index is 687. The smallest absolute Gasteiger partial charge is 0.309 e. The minimum atomic E-state index is -0.837. The van der Waals surface area contributed by atoms with Crippen LogP contribution in [0.5, 0.6) is 0 Å². The maximum absolute atomic E-state index is 11.0. The van der Waals surface area contributed by atoms with Crippen molar-refractivity contribution in [3.63, 3.8) is 0 Å². The third-order valence-electron chi connectivity index (χ3n) is 3.38. The second-order valence-corrected chi connectivity index (χ2v) is 6.13. The average molecular weight is 319 g/mol. The fourth-order valence-electron chi connectivity index (χ4n) is 2.21. The van der Waals surface area contributed by atoms with Crippen molar-refractivity contribution in [3.8, 4) is 0 Å².